The van der Waals surface area contributed by atoms with Gasteiger partial charge in [0.1, 0.15) is 0 Å². The van der Waals surface area contributed by atoms with Crippen LogP contribution >= 0.6 is 0 Å². The summed E-state index contributed by atoms with van der Waals surface area (Å²) in [5, 5.41) is 0. The van der Waals surface area contributed by atoms with Crippen LogP contribution in [0.1, 0.15) is 5.56 Å². The number of rotatable bonds is 4. The Morgan fingerprint density at radius 1 is 0.909 bits per heavy atom. The SMILES string of the molecule is O=C(CN1CCN(Cc2ccccc2)CC1)N1CCOCC1. The zero-order chi connectivity index (χ0) is 15.2. The van der Waals surface area contributed by atoms with Crippen LogP contribution in [0.2, 0.25) is 0 Å². The second kappa shape index (κ2) is 7.72. The van der Waals surface area contributed by atoms with E-state index in [-0.39, 0.29) is 5.91 Å². The first kappa shape index (κ1) is 15.5. The van der Waals surface area contributed by atoms with Gasteiger partial charge in [0.25, 0.3) is 0 Å². The molecule has 2 saturated heterocycles. The maximum atomic E-state index is 12.3. The summed E-state index contributed by atoms with van der Waals surface area (Å²) in [6.45, 7) is 8.42. The molecule has 3 rings (SSSR count). The van der Waals surface area contributed by atoms with E-state index in [9.17, 15) is 4.79 Å². The normalized spacial score (nSPS) is 21.0. The summed E-state index contributed by atoms with van der Waals surface area (Å²) in [4.78, 5) is 18.9. The molecular weight excluding hydrogens is 278 g/mol. The molecule has 0 N–H and O–H groups in total. The smallest absolute Gasteiger partial charge is 0.236 e. The molecular formula is C17H25N3O2. The molecule has 0 atom stereocenters. The molecule has 2 fully saturated rings. The van der Waals surface area contributed by atoms with Crippen molar-refractivity contribution in [2.24, 2.45) is 0 Å². The largest absolute Gasteiger partial charge is 0.378 e. The molecule has 1 amide bonds. The third kappa shape index (κ3) is 4.29. The van der Waals surface area contributed by atoms with E-state index in [4.69, 9.17) is 4.74 Å². The van der Waals surface area contributed by atoms with Gasteiger partial charge in [-0.3, -0.25) is 14.6 Å². The highest BCUT2D eigenvalue weighted by Crippen LogP contribution is 2.09. The van der Waals surface area contributed by atoms with E-state index < -0.39 is 0 Å². The zero-order valence-electron chi connectivity index (χ0n) is 13.1. The first-order valence-electron chi connectivity index (χ1n) is 8.15. The van der Waals surface area contributed by atoms with Crippen molar-refractivity contribution in [1.82, 2.24) is 14.7 Å². The molecule has 5 heteroatoms. The lowest BCUT2D eigenvalue weighted by atomic mass is 10.2. The van der Waals surface area contributed by atoms with Crippen LogP contribution in [-0.4, -0.2) is 79.6 Å². The van der Waals surface area contributed by atoms with E-state index in [2.05, 4.69) is 40.1 Å². The van der Waals surface area contributed by atoms with Crippen LogP contribution in [0.3, 0.4) is 0 Å². The monoisotopic (exact) mass is 303 g/mol. The topological polar surface area (TPSA) is 36.0 Å². The van der Waals surface area contributed by atoms with Crippen LogP contribution in [0.25, 0.3) is 0 Å². The standard InChI is InChI=1S/C17H25N3O2/c21-17(20-10-12-22-13-11-20)15-19-8-6-18(7-9-19)14-16-4-2-1-3-5-16/h1-5H,6-15H2. The van der Waals surface area contributed by atoms with Gasteiger partial charge in [0, 0.05) is 45.8 Å². The number of carbonyl (C=O) groups excluding carboxylic acids is 1. The van der Waals surface area contributed by atoms with Gasteiger partial charge in [0.05, 0.1) is 19.8 Å². The van der Waals surface area contributed by atoms with E-state index in [1.54, 1.807) is 0 Å². The molecule has 2 heterocycles. The van der Waals surface area contributed by atoms with Crippen LogP contribution < -0.4 is 0 Å². The maximum Gasteiger partial charge on any atom is 0.236 e. The molecule has 1 aromatic rings. The van der Waals surface area contributed by atoms with Gasteiger partial charge in [-0.1, -0.05) is 30.3 Å². The van der Waals surface area contributed by atoms with Crippen molar-refractivity contribution < 1.29 is 9.53 Å². The molecule has 22 heavy (non-hydrogen) atoms. The summed E-state index contributed by atoms with van der Waals surface area (Å²) >= 11 is 0. The van der Waals surface area contributed by atoms with Crippen molar-refractivity contribution in [3.8, 4) is 0 Å². The fourth-order valence-electron chi connectivity index (χ4n) is 3.05. The number of amides is 1. The van der Waals surface area contributed by atoms with Crippen molar-refractivity contribution in [3.63, 3.8) is 0 Å². The van der Waals surface area contributed by atoms with E-state index in [1.165, 1.54) is 5.56 Å². The summed E-state index contributed by atoms with van der Waals surface area (Å²) < 4.78 is 5.30. The number of benzene rings is 1. The average Bonchev–Trinajstić information content (AvgIpc) is 2.58. The molecule has 5 nitrogen and oxygen atoms in total. The van der Waals surface area contributed by atoms with Crippen molar-refractivity contribution in [1.29, 1.82) is 0 Å². The highest BCUT2D eigenvalue weighted by Gasteiger charge is 2.22. The minimum Gasteiger partial charge on any atom is -0.378 e. The lowest BCUT2D eigenvalue weighted by Crippen LogP contribution is -2.51. The summed E-state index contributed by atoms with van der Waals surface area (Å²) in [7, 11) is 0. The Labute approximate surface area is 132 Å². The summed E-state index contributed by atoms with van der Waals surface area (Å²) in [6, 6.07) is 10.6. The Kier molecular flexibility index (Phi) is 5.43. The second-order valence-corrected chi connectivity index (χ2v) is 6.03. The number of hydrogen-bond acceptors (Lipinski definition) is 4. The van der Waals surface area contributed by atoms with Gasteiger partial charge in [-0.15, -0.1) is 0 Å². The Balaban J connectivity index is 1.40. The van der Waals surface area contributed by atoms with Crippen LogP contribution in [-0.2, 0) is 16.1 Å². The first-order valence-corrected chi connectivity index (χ1v) is 8.15. The van der Waals surface area contributed by atoms with Gasteiger partial charge in [-0.2, -0.15) is 0 Å². The van der Waals surface area contributed by atoms with Crippen LogP contribution in [0.15, 0.2) is 30.3 Å². The number of piperazine rings is 1. The van der Waals surface area contributed by atoms with Crippen molar-refractivity contribution >= 4 is 5.91 Å². The Morgan fingerprint density at radius 3 is 2.23 bits per heavy atom. The number of ether oxygens (including phenoxy) is 1. The third-order valence-corrected chi connectivity index (χ3v) is 4.44. The fourth-order valence-corrected chi connectivity index (χ4v) is 3.05. The molecule has 0 radical (unpaired) electrons. The summed E-state index contributed by atoms with van der Waals surface area (Å²) in [5.74, 6) is 0.250. The van der Waals surface area contributed by atoms with Gasteiger partial charge < -0.3 is 9.64 Å². The quantitative estimate of drug-likeness (QED) is 0.819. The Morgan fingerprint density at radius 2 is 1.55 bits per heavy atom. The predicted octanol–water partition coefficient (Wildman–Crippen LogP) is 0.663. The van der Waals surface area contributed by atoms with Crippen LogP contribution in [0.4, 0.5) is 0 Å². The van der Waals surface area contributed by atoms with Gasteiger partial charge in [0.2, 0.25) is 5.91 Å². The summed E-state index contributed by atoms with van der Waals surface area (Å²) in [5.41, 5.74) is 1.36. The minimum absolute atomic E-state index is 0.250. The first-order chi connectivity index (χ1) is 10.8. The van der Waals surface area contributed by atoms with Crippen molar-refractivity contribution in [2.45, 2.75) is 6.54 Å². The van der Waals surface area contributed by atoms with Gasteiger partial charge in [-0.25, -0.2) is 0 Å². The minimum atomic E-state index is 0.250. The van der Waals surface area contributed by atoms with E-state index in [0.717, 1.165) is 45.8 Å². The van der Waals surface area contributed by atoms with Crippen molar-refractivity contribution in [2.75, 3.05) is 59.0 Å². The van der Waals surface area contributed by atoms with E-state index in [1.807, 2.05) is 4.90 Å². The Bertz CT molecular complexity index is 466. The lowest BCUT2D eigenvalue weighted by Gasteiger charge is -2.36. The summed E-state index contributed by atoms with van der Waals surface area (Å²) in [6.07, 6.45) is 0. The predicted molar refractivity (Wildman–Crippen MR) is 85.6 cm³/mol. The molecule has 0 aliphatic carbocycles. The highest BCUT2D eigenvalue weighted by molar-refractivity contribution is 5.78. The molecule has 2 aliphatic heterocycles. The van der Waals surface area contributed by atoms with Gasteiger partial charge >= 0.3 is 0 Å². The second-order valence-electron chi connectivity index (χ2n) is 6.03. The molecule has 0 unspecified atom stereocenters. The lowest BCUT2D eigenvalue weighted by molar-refractivity contribution is -0.136. The van der Waals surface area contributed by atoms with Gasteiger partial charge in [0.15, 0.2) is 0 Å². The molecule has 0 saturated carbocycles. The van der Waals surface area contributed by atoms with Crippen LogP contribution in [0, 0.1) is 0 Å². The molecule has 0 bridgehead atoms. The number of morpholine rings is 1. The Hall–Kier alpha value is -1.43. The number of hydrogen-bond donors (Lipinski definition) is 0. The average molecular weight is 303 g/mol. The number of nitrogens with zero attached hydrogens (tertiary/aromatic N) is 3. The van der Waals surface area contributed by atoms with Gasteiger partial charge in [-0.05, 0) is 5.56 Å². The molecule has 0 aromatic heterocycles. The van der Waals surface area contributed by atoms with E-state index >= 15 is 0 Å². The highest BCUT2D eigenvalue weighted by atomic mass is 16.5. The maximum absolute atomic E-state index is 12.3. The molecule has 2 aliphatic rings. The van der Waals surface area contributed by atoms with Crippen LogP contribution in [0.5, 0.6) is 0 Å². The third-order valence-electron chi connectivity index (χ3n) is 4.44. The molecule has 120 valence electrons. The zero-order valence-corrected chi connectivity index (χ0v) is 13.1. The number of carbonyl (C=O) groups is 1. The molecule has 1 aromatic carbocycles. The van der Waals surface area contributed by atoms with E-state index in [0.29, 0.717) is 19.8 Å². The molecule has 0 spiro atoms. The van der Waals surface area contributed by atoms with Crippen molar-refractivity contribution in [3.05, 3.63) is 35.9 Å². The fraction of sp³-hybridized carbons (Fsp3) is 0.588.